The minimum absolute atomic E-state index is 0.524. The van der Waals surface area contributed by atoms with E-state index in [0.29, 0.717) is 24.4 Å². The van der Waals surface area contributed by atoms with Gasteiger partial charge in [-0.1, -0.05) is 6.92 Å². The van der Waals surface area contributed by atoms with E-state index in [4.69, 9.17) is 0 Å². The van der Waals surface area contributed by atoms with Gasteiger partial charge in [-0.2, -0.15) is 0 Å². The van der Waals surface area contributed by atoms with E-state index in [2.05, 4.69) is 22.1 Å². The number of halogens is 2. The molecule has 1 N–H and O–H groups in total. The third-order valence-corrected chi connectivity index (χ3v) is 3.88. The molecule has 1 aliphatic heterocycles. The zero-order chi connectivity index (χ0) is 15.9. The Balaban J connectivity index is 1.97. The van der Waals surface area contributed by atoms with Crippen molar-refractivity contribution in [3.05, 3.63) is 35.4 Å². The number of hydrogen-bond acceptors (Lipinski definition) is 1. The number of nitrogens with one attached hydrogen (secondary N) is 1. The van der Waals surface area contributed by atoms with Gasteiger partial charge < -0.3 is 10.2 Å². The number of likely N-dealkylation sites (tertiary alicyclic amines) is 1. The van der Waals surface area contributed by atoms with Crippen molar-refractivity contribution in [2.75, 3.05) is 26.2 Å². The Hall–Kier alpha value is -1.65. The highest BCUT2D eigenvalue weighted by Crippen LogP contribution is 2.15. The van der Waals surface area contributed by atoms with Crippen LogP contribution in [0.1, 0.15) is 32.3 Å². The first-order valence-corrected chi connectivity index (χ1v) is 8.06. The van der Waals surface area contributed by atoms with E-state index in [-0.39, 0.29) is 0 Å². The van der Waals surface area contributed by atoms with Crippen LogP contribution in [0.15, 0.2) is 23.2 Å². The second-order valence-electron chi connectivity index (χ2n) is 5.96. The molecule has 1 heterocycles. The van der Waals surface area contributed by atoms with E-state index < -0.39 is 11.6 Å². The molecule has 1 unspecified atom stereocenters. The summed E-state index contributed by atoms with van der Waals surface area (Å²) in [5.41, 5.74) is 0.643. The molecule has 1 saturated heterocycles. The molecule has 2 rings (SSSR count). The molecule has 1 aromatic carbocycles. The molecule has 122 valence electrons. The summed E-state index contributed by atoms with van der Waals surface area (Å²) in [6.45, 7) is 7.68. The maximum atomic E-state index is 13.2. The van der Waals surface area contributed by atoms with Crippen LogP contribution in [0.4, 0.5) is 8.78 Å². The zero-order valence-electron chi connectivity index (χ0n) is 13.4. The molecule has 1 aliphatic rings. The monoisotopic (exact) mass is 309 g/mol. The predicted octanol–water partition coefficient (Wildman–Crippen LogP) is 3.20. The molecule has 0 amide bonds. The minimum Gasteiger partial charge on any atom is -0.357 e. The maximum Gasteiger partial charge on any atom is 0.193 e. The Morgan fingerprint density at radius 2 is 2.05 bits per heavy atom. The van der Waals surface area contributed by atoms with Crippen LogP contribution in [0.2, 0.25) is 0 Å². The van der Waals surface area contributed by atoms with Gasteiger partial charge in [0, 0.05) is 32.2 Å². The summed E-state index contributed by atoms with van der Waals surface area (Å²) in [5, 5.41) is 3.31. The van der Waals surface area contributed by atoms with Crippen LogP contribution in [-0.2, 0) is 6.42 Å². The molecule has 0 radical (unpaired) electrons. The first-order chi connectivity index (χ1) is 10.6. The molecule has 0 bridgehead atoms. The fourth-order valence-corrected chi connectivity index (χ4v) is 2.85. The van der Waals surface area contributed by atoms with Gasteiger partial charge in [0.2, 0.25) is 0 Å². The Labute approximate surface area is 131 Å². The van der Waals surface area contributed by atoms with Gasteiger partial charge in [-0.05, 0) is 49.8 Å². The van der Waals surface area contributed by atoms with Gasteiger partial charge in [-0.3, -0.25) is 4.99 Å². The average molecular weight is 309 g/mol. The molecule has 1 atom stereocenters. The Bertz CT molecular complexity index is 496. The van der Waals surface area contributed by atoms with Crippen molar-refractivity contribution in [1.82, 2.24) is 10.2 Å². The molecule has 1 aromatic rings. The van der Waals surface area contributed by atoms with Crippen LogP contribution in [0.5, 0.6) is 0 Å². The molecular formula is C17H25F2N3. The van der Waals surface area contributed by atoms with Crippen molar-refractivity contribution in [3.8, 4) is 0 Å². The van der Waals surface area contributed by atoms with Gasteiger partial charge in [-0.25, -0.2) is 8.78 Å². The number of piperidine rings is 1. The van der Waals surface area contributed by atoms with Crippen LogP contribution < -0.4 is 5.32 Å². The van der Waals surface area contributed by atoms with Gasteiger partial charge >= 0.3 is 0 Å². The van der Waals surface area contributed by atoms with Crippen molar-refractivity contribution >= 4 is 5.96 Å². The lowest BCUT2D eigenvalue weighted by atomic mass is 10.0. The first kappa shape index (κ1) is 16.7. The quantitative estimate of drug-likeness (QED) is 0.683. The lowest BCUT2D eigenvalue weighted by Crippen LogP contribution is -2.46. The summed E-state index contributed by atoms with van der Waals surface area (Å²) in [5.74, 6) is 0.521. The van der Waals surface area contributed by atoms with Gasteiger partial charge in [-0.15, -0.1) is 0 Å². The van der Waals surface area contributed by atoms with Crippen molar-refractivity contribution in [1.29, 1.82) is 0 Å². The lowest BCUT2D eigenvalue weighted by molar-refractivity contribution is 0.266. The fraction of sp³-hybridized carbons (Fsp3) is 0.588. The Kier molecular flexibility index (Phi) is 6.16. The minimum atomic E-state index is -0.532. The number of nitrogens with zero attached hydrogens (tertiary/aromatic N) is 2. The summed E-state index contributed by atoms with van der Waals surface area (Å²) in [4.78, 5) is 6.89. The van der Waals surface area contributed by atoms with Crippen LogP contribution in [0.3, 0.4) is 0 Å². The molecule has 0 saturated carbocycles. The number of aliphatic imine (C=N–C) groups is 1. The average Bonchev–Trinajstić information content (AvgIpc) is 2.45. The molecule has 0 aliphatic carbocycles. The topological polar surface area (TPSA) is 27.6 Å². The summed E-state index contributed by atoms with van der Waals surface area (Å²) in [6, 6.07) is 3.63. The molecule has 5 heteroatoms. The molecule has 0 spiro atoms. The van der Waals surface area contributed by atoms with E-state index >= 15 is 0 Å². The number of benzene rings is 1. The fourth-order valence-electron chi connectivity index (χ4n) is 2.85. The van der Waals surface area contributed by atoms with Crippen LogP contribution in [0, 0.1) is 17.6 Å². The maximum absolute atomic E-state index is 13.2. The first-order valence-electron chi connectivity index (χ1n) is 8.06. The van der Waals surface area contributed by atoms with Gasteiger partial charge in [0.05, 0.1) is 0 Å². The second-order valence-corrected chi connectivity index (χ2v) is 5.96. The summed E-state index contributed by atoms with van der Waals surface area (Å²) in [7, 11) is 0. The van der Waals surface area contributed by atoms with E-state index in [1.807, 2.05) is 6.92 Å². The van der Waals surface area contributed by atoms with Crippen molar-refractivity contribution in [3.63, 3.8) is 0 Å². The molecule has 22 heavy (non-hydrogen) atoms. The van der Waals surface area contributed by atoms with Crippen molar-refractivity contribution in [2.45, 2.75) is 33.1 Å². The Morgan fingerprint density at radius 3 is 2.68 bits per heavy atom. The normalized spacial score (nSPS) is 19.4. The molecule has 1 fully saturated rings. The molecule has 0 aromatic heterocycles. The standard InChI is InChI=1S/C17H25F2N3/c1-3-20-17(22-8-4-5-13(2)12-22)21-7-6-14-9-15(18)11-16(19)10-14/h9-11,13H,3-8,12H2,1-2H3,(H,20,21). The second kappa shape index (κ2) is 8.11. The van der Waals surface area contributed by atoms with E-state index in [1.54, 1.807) is 0 Å². The van der Waals surface area contributed by atoms with Gasteiger partial charge in [0.15, 0.2) is 5.96 Å². The zero-order valence-corrected chi connectivity index (χ0v) is 13.4. The molecular weight excluding hydrogens is 284 g/mol. The van der Waals surface area contributed by atoms with Crippen LogP contribution in [-0.4, -0.2) is 37.0 Å². The van der Waals surface area contributed by atoms with E-state index in [1.165, 1.54) is 25.0 Å². The van der Waals surface area contributed by atoms with Crippen molar-refractivity contribution < 1.29 is 8.78 Å². The number of guanidine groups is 1. The Morgan fingerprint density at radius 1 is 1.32 bits per heavy atom. The summed E-state index contributed by atoms with van der Waals surface area (Å²) < 4.78 is 26.3. The largest absolute Gasteiger partial charge is 0.357 e. The lowest BCUT2D eigenvalue weighted by Gasteiger charge is -2.33. The summed E-state index contributed by atoms with van der Waals surface area (Å²) in [6.07, 6.45) is 2.98. The number of hydrogen-bond donors (Lipinski definition) is 1. The highest BCUT2D eigenvalue weighted by Gasteiger charge is 2.18. The van der Waals surface area contributed by atoms with Crippen LogP contribution >= 0.6 is 0 Å². The third-order valence-electron chi connectivity index (χ3n) is 3.88. The smallest absolute Gasteiger partial charge is 0.193 e. The highest BCUT2D eigenvalue weighted by molar-refractivity contribution is 5.80. The van der Waals surface area contributed by atoms with Crippen molar-refractivity contribution in [2.24, 2.45) is 10.9 Å². The SMILES string of the molecule is CCNC(=NCCc1cc(F)cc(F)c1)N1CCCC(C)C1. The predicted molar refractivity (Wildman–Crippen MR) is 86.0 cm³/mol. The van der Waals surface area contributed by atoms with Gasteiger partial charge in [0.25, 0.3) is 0 Å². The van der Waals surface area contributed by atoms with E-state index in [0.717, 1.165) is 31.7 Å². The van der Waals surface area contributed by atoms with E-state index in [9.17, 15) is 8.78 Å². The highest BCUT2D eigenvalue weighted by atomic mass is 19.1. The summed E-state index contributed by atoms with van der Waals surface area (Å²) >= 11 is 0. The third kappa shape index (κ3) is 4.97. The molecule has 3 nitrogen and oxygen atoms in total. The van der Waals surface area contributed by atoms with Crippen LogP contribution in [0.25, 0.3) is 0 Å². The van der Waals surface area contributed by atoms with Gasteiger partial charge in [0.1, 0.15) is 11.6 Å². The number of rotatable bonds is 4.